The van der Waals surface area contributed by atoms with Crippen molar-refractivity contribution in [1.29, 1.82) is 0 Å². The normalized spacial score (nSPS) is 10.3. The van der Waals surface area contributed by atoms with Gasteiger partial charge in [-0.05, 0) is 49.2 Å². The molecular weight excluding hydrogens is 243 g/mol. The van der Waals surface area contributed by atoms with Crippen LogP contribution in [0.3, 0.4) is 0 Å². The maximum Gasteiger partial charge on any atom is 0.255 e. The highest BCUT2D eigenvalue weighted by Crippen LogP contribution is 2.23. The van der Waals surface area contributed by atoms with E-state index >= 15 is 0 Å². The number of rotatable bonds is 2. The third kappa shape index (κ3) is 2.73. The quantitative estimate of drug-likeness (QED) is 0.812. The van der Waals surface area contributed by atoms with Gasteiger partial charge in [-0.25, -0.2) is 4.39 Å². The highest BCUT2D eigenvalue weighted by Gasteiger charge is 2.11. The predicted octanol–water partition coefficient (Wildman–Crippen LogP) is 3.28. The van der Waals surface area contributed by atoms with E-state index in [1.807, 2.05) is 19.1 Å². The van der Waals surface area contributed by atoms with Crippen LogP contribution in [0.4, 0.5) is 15.8 Å². The van der Waals surface area contributed by atoms with E-state index in [0.29, 0.717) is 22.5 Å². The minimum absolute atomic E-state index is 0.302. The molecule has 0 aliphatic carbocycles. The monoisotopic (exact) mass is 258 g/mol. The minimum Gasteiger partial charge on any atom is -0.397 e. The zero-order valence-electron chi connectivity index (χ0n) is 10.8. The van der Waals surface area contributed by atoms with Crippen LogP contribution < -0.4 is 11.1 Å². The van der Waals surface area contributed by atoms with Crippen molar-refractivity contribution in [2.45, 2.75) is 13.8 Å². The lowest BCUT2D eigenvalue weighted by Gasteiger charge is -2.11. The summed E-state index contributed by atoms with van der Waals surface area (Å²) in [5.74, 6) is -0.629. The topological polar surface area (TPSA) is 55.1 Å². The molecule has 1 amide bonds. The molecule has 0 aromatic heterocycles. The van der Waals surface area contributed by atoms with Gasteiger partial charge in [-0.2, -0.15) is 0 Å². The molecule has 0 fully saturated rings. The van der Waals surface area contributed by atoms with E-state index in [4.69, 9.17) is 5.73 Å². The predicted molar refractivity (Wildman–Crippen MR) is 74.7 cm³/mol. The van der Waals surface area contributed by atoms with E-state index in [-0.39, 0.29) is 11.7 Å². The van der Waals surface area contributed by atoms with Crippen molar-refractivity contribution in [2.24, 2.45) is 0 Å². The summed E-state index contributed by atoms with van der Waals surface area (Å²) in [7, 11) is 0. The Balaban J connectivity index is 2.28. The van der Waals surface area contributed by atoms with Crippen LogP contribution in [-0.2, 0) is 0 Å². The van der Waals surface area contributed by atoms with Crippen molar-refractivity contribution in [3.05, 3.63) is 58.9 Å². The van der Waals surface area contributed by atoms with Crippen molar-refractivity contribution < 1.29 is 9.18 Å². The number of nitrogens with two attached hydrogens (primary N) is 1. The Morgan fingerprint density at radius 1 is 1.16 bits per heavy atom. The first-order valence-corrected chi connectivity index (χ1v) is 5.91. The molecule has 3 N–H and O–H groups in total. The van der Waals surface area contributed by atoms with Gasteiger partial charge in [0.1, 0.15) is 5.82 Å². The number of benzene rings is 2. The molecule has 0 unspecified atom stereocenters. The summed E-state index contributed by atoms with van der Waals surface area (Å²) in [6.07, 6.45) is 0. The first-order chi connectivity index (χ1) is 8.99. The van der Waals surface area contributed by atoms with Gasteiger partial charge in [0.15, 0.2) is 0 Å². The zero-order chi connectivity index (χ0) is 14.0. The van der Waals surface area contributed by atoms with Gasteiger partial charge >= 0.3 is 0 Å². The lowest BCUT2D eigenvalue weighted by atomic mass is 10.1. The third-order valence-electron chi connectivity index (χ3n) is 2.96. The van der Waals surface area contributed by atoms with E-state index in [2.05, 4.69) is 5.32 Å². The van der Waals surface area contributed by atoms with Crippen molar-refractivity contribution >= 4 is 17.3 Å². The molecule has 19 heavy (non-hydrogen) atoms. The summed E-state index contributed by atoms with van der Waals surface area (Å²) >= 11 is 0. The molecule has 98 valence electrons. The summed E-state index contributed by atoms with van der Waals surface area (Å²) in [5, 5.41) is 2.76. The number of hydrogen-bond donors (Lipinski definition) is 2. The molecule has 2 aromatic carbocycles. The van der Waals surface area contributed by atoms with Gasteiger partial charge in [0.2, 0.25) is 0 Å². The molecule has 0 bridgehead atoms. The highest BCUT2D eigenvalue weighted by molar-refractivity contribution is 6.06. The number of carbonyl (C=O) groups is 1. The Bertz CT molecular complexity index is 618. The van der Waals surface area contributed by atoms with E-state index in [0.717, 1.165) is 5.56 Å². The maximum absolute atomic E-state index is 13.2. The number of anilines is 2. The molecule has 0 radical (unpaired) electrons. The molecule has 0 saturated heterocycles. The third-order valence-corrected chi connectivity index (χ3v) is 2.96. The summed E-state index contributed by atoms with van der Waals surface area (Å²) < 4.78 is 13.2. The van der Waals surface area contributed by atoms with Gasteiger partial charge in [-0.1, -0.05) is 12.1 Å². The largest absolute Gasteiger partial charge is 0.397 e. The maximum atomic E-state index is 13.2. The Kier molecular flexibility index (Phi) is 3.51. The van der Waals surface area contributed by atoms with Crippen LogP contribution in [0.1, 0.15) is 21.5 Å². The molecule has 0 saturated carbocycles. The first-order valence-electron chi connectivity index (χ1n) is 5.91. The average molecular weight is 258 g/mol. The van der Waals surface area contributed by atoms with Crippen molar-refractivity contribution in [3.8, 4) is 0 Å². The van der Waals surface area contributed by atoms with Gasteiger partial charge < -0.3 is 11.1 Å². The van der Waals surface area contributed by atoms with Crippen LogP contribution in [0, 0.1) is 19.7 Å². The van der Waals surface area contributed by atoms with Crippen LogP contribution in [0.15, 0.2) is 36.4 Å². The number of hydrogen-bond acceptors (Lipinski definition) is 2. The molecule has 0 atom stereocenters. The van der Waals surface area contributed by atoms with E-state index < -0.39 is 0 Å². The standard InChI is InChI=1S/C15H15FN2O/c1-9-4-3-5-13(17)14(9)18-15(19)11-6-7-12(16)10(2)8-11/h3-8H,17H2,1-2H3,(H,18,19). The molecule has 0 spiro atoms. The number of aryl methyl sites for hydroxylation is 2. The Morgan fingerprint density at radius 3 is 2.53 bits per heavy atom. The molecule has 4 heteroatoms. The Labute approximate surface area is 111 Å². The smallest absolute Gasteiger partial charge is 0.255 e. The van der Waals surface area contributed by atoms with Crippen molar-refractivity contribution in [2.75, 3.05) is 11.1 Å². The van der Waals surface area contributed by atoms with Crippen LogP contribution >= 0.6 is 0 Å². The summed E-state index contributed by atoms with van der Waals surface area (Å²) in [4.78, 5) is 12.1. The van der Waals surface area contributed by atoms with Gasteiger partial charge in [-0.15, -0.1) is 0 Å². The number of nitrogen functional groups attached to an aromatic ring is 1. The fourth-order valence-electron chi connectivity index (χ4n) is 1.83. The van der Waals surface area contributed by atoms with E-state index in [1.54, 1.807) is 13.0 Å². The first kappa shape index (κ1) is 13.1. The SMILES string of the molecule is Cc1cc(C(=O)Nc2c(C)cccc2N)ccc1F. The van der Waals surface area contributed by atoms with Crippen LogP contribution in [0.5, 0.6) is 0 Å². The second kappa shape index (κ2) is 5.10. The number of amides is 1. The van der Waals surface area contributed by atoms with Crippen LogP contribution in [0.25, 0.3) is 0 Å². The average Bonchev–Trinajstić information content (AvgIpc) is 2.37. The van der Waals surface area contributed by atoms with Gasteiger partial charge in [0, 0.05) is 5.56 Å². The Morgan fingerprint density at radius 2 is 1.89 bits per heavy atom. The molecule has 0 aliphatic rings. The molecular formula is C15H15FN2O. The number of halogens is 1. The number of para-hydroxylation sites is 1. The highest BCUT2D eigenvalue weighted by atomic mass is 19.1. The molecule has 2 aromatic rings. The number of carbonyl (C=O) groups excluding carboxylic acids is 1. The zero-order valence-corrected chi connectivity index (χ0v) is 10.8. The Hall–Kier alpha value is -2.36. The fourth-order valence-corrected chi connectivity index (χ4v) is 1.83. The van der Waals surface area contributed by atoms with Gasteiger partial charge in [-0.3, -0.25) is 4.79 Å². The van der Waals surface area contributed by atoms with E-state index in [1.165, 1.54) is 18.2 Å². The lowest BCUT2D eigenvalue weighted by molar-refractivity contribution is 0.102. The fraction of sp³-hybridized carbons (Fsp3) is 0.133. The second-order valence-corrected chi connectivity index (χ2v) is 4.46. The van der Waals surface area contributed by atoms with Crippen molar-refractivity contribution in [3.63, 3.8) is 0 Å². The van der Waals surface area contributed by atoms with Crippen LogP contribution in [0.2, 0.25) is 0 Å². The van der Waals surface area contributed by atoms with Crippen molar-refractivity contribution in [1.82, 2.24) is 0 Å². The summed E-state index contributed by atoms with van der Waals surface area (Å²) in [5.41, 5.74) is 8.65. The van der Waals surface area contributed by atoms with Gasteiger partial charge in [0.25, 0.3) is 5.91 Å². The summed E-state index contributed by atoms with van der Waals surface area (Å²) in [6, 6.07) is 9.65. The number of nitrogens with one attached hydrogen (secondary N) is 1. The summed E-state index contributed by atoms with van der Waals surface area (Å²) in [6.45, 7) is 3.48. The lowest BCUT2D eigenvalue weighted by Crippen LogP contribution is -2.14. The molecule has 0 aliphatic heterocycles. The molecule has 0 heterocycles. The minimum atomic E-state index is -0.327. The van der Waals surface area contributed by atoms with Crippen LogP contribution in [-0.4, -0.2) is 5.91 Å². The van der Waals surface area contributed by atoms with Gasteiger partial charge in [0.05, 0.1) is 11.4 Å². The van der Waals surface area contributed by atoms with E-state index in [9.17, 15) is 9.18 Å². The molecule has 3 nitrogen and oxygen atoms in total. The second-order valence-electron chi connectivity index (χ2n) is 4.46. The molecule has 2 rings (SSSR count).